The maximum absolute atomic E-state index is 12.4. The average molecular weight is 401 g/mol. The number of nitrogens with zero attached hydrogens (tertiary/aromatic N) is 1. The van der Waals surface area contributed by atoms with Crippen LogP contribution in [0.1, 0.15) is 29.6 Å². The van der Waals surface area contributed by atoms with Gasteiger partial charge in [0.1, 0.15) is 11.5 Å². The molecule has 1 fully saturated rings. The number of hydrogen-bond donors (Lipinski definition) is 0. The van der Waals surface area contributed by atoms with Gasteiger partial charge in [0.15, 0.2) is 6.61 Å². The number of methoxy groups -OCH3 is 2. The van der Waals surface area contributed by atoms with Gasteiger partial charge in [0.05, 0.1) is 38.0 Å². The fourth-order valence-corrected chi connectivity index (χ4v) is 3.62. The monoisotopic (exact) mass is 401 g/mol. The van der Waals surface area contributed by atoms with Crippen molar-refractivity contribution < 1.29 is 33.4 Å². The molecule has 1 saturated heterocycles. The summed E-state index contributed by atoms with van der Waals surface area (Å²) in [6, 6.07) is 4.70. The van der Waals surface area contributed by atoms with E-state index in [0.29, 0.717) is 24.3 Å². The fourth-order valence-electron chi connectivity index (χ4n) is 3.62. The van der Waals surface area contributed by atoms with Crippen molar-refractivity contribution in [3.05, 3.63) is 35.9 Å². The predicted octanol–water partition coefficient (Wildman–Crippen LogP) is 1.77. The molecular formula is C21H23NO7. The number of rotatable bonds is 8. The third kappa shape index (κ3) is 4.31. The summed E-state index contributed by atoms with van der Waals surface area (Å²) in [6.07, 6.45) is 4.76. The third-order valence-corrected chi connectivity index (χ3v) is 5.21. The molecule has 8 heteroatoms. The Kier molecular flexibility index (Phi) is 6.31. The highest BCUT2D eigenvalue weighted by Crippen LogP contribution is 2.35. The van der Waals surface area contributed by atoms with E-state index < -0.39 is 18.4 Å². The third-order valence-electron chi connectivity index (χ3n) is 5.21. The van der Waals surface area contributed by atoms with E-state index in [1.165, 1.54) is 20.3 Å². The lowest BCUT2D eigenvalue weighted by Gasteiger charge is -2.14. The van der Waals surface area contributed by atoms with Gasteiger partial charge < -0.3 is 14.2 Å². The van der Waals surface area contributed by atoms with Gasteiger partial charge in [-0.3, -0.25) is 24.1 Å². The first-order valence-corrected chi connectivity index (χ1v) is 9.37. The smallest absolute Gasteiger partial charge is 0.308 e. The number of amides is 2. The summed E-state index contributed by atoms with van der Waals surface area (Å²) in [5.74, 6) is -1.36. The molecule has 2 amide bonds. The quantitative estimate of drug-likeness (QED) is 0.283. The lowest BCUT2D eigenvalue weighted by molar-refractivity contribution is -0.145. The van der Waals surface area contributed by atoms with Crippen LogP contribution < -0.4 is 9.47 Å². The van der Waals surface area contributed by atoms with Gasteiger partial charge >= 0.3 is 5.97 Å². The van der Waals surface area contributed by atoms with Crippen LogP contribution in [0.3, 0.4) is 0 Å². The standard InChI is InChI=1S/C21H23NO7/c1-27-13-7-8-16(18(11-13)28-2)17(23)12-29-19(24)9-10-22-20(25)14-5-3-4-6-15(14)21(22)26/h3-4,7-8,11,14-15H,5-6,9-10,12H2,1-2H3/t14-,15+. The summed E-state index contributed by atoms with van der Waals surface area (Å²) >= 11 is 0. The summed E-state index contributed by atoms with van der Waals surface area (Å²) in [4.78, 5) is 50.3. The average Bonchev–Trinajstić information content (AvgIpc) is 3.00. The fraction of sp³-hybridized carbons (Fsp3) is 0.429. The largest absolute Gasteiger partial charge is 0.497 e. The van der Waals surface area contributed by atoms with Crippen LogP contribution in [0, 0.1) is 11.8 Å². The molecule has 0 radical (unpaired) electrons. The van der Waals surface area contributed by atoms with Gasteiger partial charge in [-0.2, -0.15) is 0 Å². The van der Waals surface area contributed by atoms with Crippen molar-refractivity contribution in [2.24, 2.45) is 11.8 Å². The van der Waals surface area contributed by atoms with E-state index in [0.717, 1.165) is 4.90 Å². The zero-order chi connectivity index (χ0) is 21.0. The van der Waals surface area contributed by atoms with Crippen molar-refractivity contribution in [1.29, 1.82) is 0 Å². The molecule has 0 bridgehead atoms. The number of carbonyl (C=O) groups excluding carboxylic acids is 4. The van der Waals surface area contributed by atoms with E-state index in [1.807, 2.05) is 12.2 Å². The Hall–Kier alpha value is -3.16. The van der Waals surface area contributed by atoms with Crippen LogP contribution in [0.2, 0.25) is 0 Å². The van der Waals surface area contributed by atoms with Crippen molar-refractivity contribution in [3.8, 4) is 11.5 Å². The first kappa shape index (κ1) is 20.6. The second-order valence-electron chi connectivity index (χ2n) is 6.88. The molecule has 2 atom stereocenters. The summed E-state index contributed by atoms with van der Waals surface area (Å²) < 4.78 is 15.3. The van der Waals surface area contributed by atoms with Crippen LogP contribution in [0.15, 0.2) is 30.4 Å². The van der Waals surface area contributed by atoms with E-state index in [9.17, 15) is 19.2 Å². The van der Waals surface area contributed by atoms with Crippen molar-refractivity contribution >= 4 is 23.6 Å². The first-order valence-electron chi connectivity index (χ1n) is 9.37. The van der Waals surface area contributed by atoms with Gasteiger partial charge in [-0.05, 0) is 25.0 Å². The molecule has 0 unspecified atom stereocenters. The molecule has 1 aromatic rings. The van der Waals surface area contributed by atoms with Crippen LogP contribution in [-0.4, -0.2) is 55.8 Å². The zero-order valence-corrected chi connectivity index (χ0v) is 16.4. The Morgan fingerprint density at radius 3 is 2.28 bits per heavy atom. The second kappa shape index (κ2) is 8.89. The summed E-state index contributed by atoms with van der Waals surface area (Å²) in [5, 5.41) is 0. The van der Waals surface area contributed by atoms with Crippen molar-refractivity contribution in [1.82, 2.24) is 4.90 Å². The normalized spacial score (nSPS) is 20.4. The molecule has 1 aliphatic carbocycles. The molecular weight excluding hydrogens is 378 g/mol. The van der Waals surface area contributed by atoms with Gasteiger partial charge in [0.25, 0.3) is 0 Å². The van der Waals surface area contributed by atoms with E-state index in [-0.39, 0.29) is 42.2 Å². The number of hydrogen-bond acceptors (Lipinski definition) is 7. The SMILES string of the molecule is COc1ccc(C(=O)COC(=O)CCN2C(=O)[C@H]3CC=CC[C@H]3C2=O)c(OC)c1. The molecule has 154 valence electrons. The lowest BCUT2D eigenvalue weighted by Crippen LogP contribution is -2.33. The molecule has 1 aromatic carbocycles. The predicted molar refractivity (Wildman–Crippen MR) is 102 cm³/mol. The molecule has 29 heavy (non-hydrogen) atoms. The number of esters is 1. The maximum Gasteiger partial charge on any atom is 0.308 e. The Labute approximate surface area is 168 Å². The minimum Gasteiger partial charge on any atom is -0.497 e. The molecule has 2 aliphatic rings. The molecule has 0 spiro atoms. The Morgan fingerprint density at radius 2 is 1.69 bits per heavy atom. The zero-order valence-electron chi connectivity index (χ0n) is 16.4. The van der Waals surface area contributed by atoms with Crippen LogP contribution in [0.25, 0.3) is 0 Å². The van der Waals surface area contributed by atoms with Crippen LogP contribution >= 0.6 is 0 Å². The Balaban J connectivity index is 1.51. The van der Waals surface area contributed by atoms with Gasteiger partial charge in [-0.15, -0.1) is 0 Å². The summed E-state index contributed by atoms with van der Waals surface area (Å²) in [6.45, 7) is -0.498. The number of benzene rings is 1. The number of ether oxygens (including phenoxy) is 3. The maximum atomic E-state index is 12.4. The van der Waals surface area contributed by atoms with Crippen LogP contribution in [-0.2, 0) is 19.1 Å². The second-order valence-corrected chi connectivity index (χ2v) is 6.88. The molecule has 0 N–H and O–H groups in total. The lowest BCUT2D eigenvalue weighted by atomic mass is 9.85. The van der Waals surface area contributed by atoms with Crippen molar-refractivity contribution in [2.75, 3.05) is 27.4 Å². The Morgan fingerprint density at radius 1 is 1.03 bits per heavy atom. The topological polar surface area (TPSA) is 99.2 Å². The van der Waals surface area contributed by atoms with Gasteiger partial charge in [-0.1, -0.05) is 12.2 Å². The number of likely N-dealkylation sites (tertiary alicyclic amines) is 1. The minimum atomic E-state index is -0.653. The molecule has 3 rings (SSSR count). The van der Waals surface area contributed by atoms with Crippen LogP contribution in [0.5, 0.6) is 11.5 Å². The number of allylic oxidation sites excluding steroid dienone is 2. The van der Waals surface area contributed by atoms with Crippen LogP contribution in [0.4, 0.5) is 0 Å². The number of imide groups is 1. The van der Waals surface area contributed by atoms with E-state index in [4.69, 9.17) is 14.2 Å². The number of Topliss-reactive ketones (excluding diaryl/α,β-unsaturated/α-hetero) is 1. The molecule has 0 saturated carbocycles. The molecule has 0 aromatic heterocycles. The van der Waals surface area contributed by atoms with E-state index in [2.05, 4.69) is 0 Å². The van der Waals surface area contributed by atoms with E-state index >= 15 is 0 Å². The minimum absolute atomic E-state index is 0.0381. The first-order chi connectivity index (χ1) is 14.0. The highest BCUT2D eigenvalue weighted by atomic mass is 16.5. The highest BCUT2D eigenvalue weighted by Gasteiger charge is 2.46. The van der Waals surface area contributed by atoms with Gasteiger partial charge in [0, 0.05) is 12.6 Å². The Bertz CT molecular complexity index is 835. The van der Waals surface area contributed by atoms with E-state index in [1.54, 1.807) is 12.1 Å². The van der Waals surface area contributed by atoms with Gasteiger partial charge in [-0.25, -0.2) is 0 Å². The number of ketones is 1. The molecule has 1 aliphatic heterocycles. The summed E-state index contributed by atoms with van der Waals surface area (Å²) in [5.41, 5.74) is 0.266. The summed E-state index contributed by atoms with van der Waals surface area (Å²) in [7, 11) is 2.92. The molecule has 8 nitrogen and oxygen atoms in total. The van der Waals surface area contributed by atoms with Crippen molar-refractivity contribution in [3.63, 3.8) is 0 Å². The van der Waals surface area contributed by atoms with Gasteiger partial charge in [0.2, 0.25) is 17.6 Å². The molecule has 1 heterocycles. The van der Waals surface area contributed by atoms with Crippen molar-refractivity contribution in [2.45, 2.75) is 19.3 Å². The highest BCUT2D eigenvalue weighted by molar-refractivity contribution is 6.05. The number of carbonyl (C=O) groups is 4. The number of fused-ring (bicyclic) bond motifs is 1.